The molecular formula is C149H138. The summed E-state index contributed by atoms with van der Waals surface area (Å²) in [5.41, 5.74) is 78.8. The molecule has 0 heterocycles. The summed E-state index contributed by atoms with van der Waals surface area (Å²) in [6, 6.07) is 80.8. The summed E-state index contributed by atoms with van der Waals surface area (Å²) in [5, 5.41) is 19.7. The maximum Gasteiger partial charge on any atom is -0.00134 e. The average molecular weight is 1930 g/mol. The van der Waals surface area contributed by atoms with Gasteiger partial charge in [-0.15, -0.1) is 0 Å². The second kappa shape index (κ2) is 37.2. The predicted molar refractivity (Wildman–Crippen MR) is 647 cm³/mol. The average Bonchev–Trinajstić information content (AvgIpc) is 1.66. The molecule has 0 unspecified atom stereocenters. The molecule has 0 saturated carbocycles. The van der Waals surface area contributed by atoms with Crippen LogP contribution in [0.15, 0.2) is 283 Å². The molecular weight excluding hydrogens is 1790 g/mol. The smallest absolute Gasteiger partial charge is 0.00134 e. The molecule has 0 atom stereocenters. The lowest BCUT2D eigenvalue weighted by Crippen LogP contribution is -2.07. The van der Waals surface area contributed by atoms with Crippen molar-refractivity contribution in [3.8, 4) is 100 Å². The van der Waals surface area contributed by atoms with Gasteiger partial charge >= 0.3 is 0 Å². The van der Waals surface area contributed by atoms with Gasteiger partial charge < -0.3 is 0 Å². The van der Waals surface area contributed by atoms with Gasteiger partial charge in [-0.1, -0.05) is 243 Å². The summed E-state index contributed by atoms with van der Waals surface area (Å²) in [6.07, 6.45) is 33.4. The molecule has 19 aromatic carbocycles. The van der Waals surface area contributed by atoms with E-state index in [1.165, 1.54) is 400 Å². The first-order valence-corrected chi connectivity index (χ1v) is 55.0. The number of hydrogen-bond acceptors (Lipinski definition) is 0. The molecule has 0 bridgehead atoms. The molecule has 0 spiro atoms. The minimum Gasteiger partial charge on any atom is -0.0842 e. The van der Waals surface area contributed by atoms with Crippen LogP contribution >= 0.6 is 0 Å². The predicted octanol–water partition coefficient (Wildman–Crippen LogP) is 41.2. The van der Waals surface area contributed by atoms with E-state index in [1.807, 2.05) is 0 Å². The summed E-state index contributed by atoms with van der Waals surface area (Å²) in [5.74, 6) is 0. The van der Waals surface area contributed by atoms with E-state index in [1.54, 1.807) is 0 Å². The van der Waals surface area contributed by atoms with Gasteiger partial charge in [0, 0.05) is 0 Å². The van der Waals surface area contributed by atoms with E-state index in [2.05, 4.69) is 433 Å². The highest BCUT2D eigenvalue weighted by Crippen LogP contribution is 2.59. The molecule has 0 aromatic heterocycles. The highest BCUT2D eigenvalue weighted by molar-refractivity contribution is 6.30. The van der Waals surface area contributed by atoms with Crippen molar-refractivity contribution < 1.29 is 0 Å². The zero-order chi connectivity index (χ0) is 103. The molecule has 0 aliphatic heterocycles. The number of hydrogen-bond donors (Lipinski definition) is 0. The Morgan fingerprint density at radius 3 is 0.819 bits per heavy atom. The van der Waals surface area contributed by atoms with Crippen molar-refractivity contribution in [1.29, 1.82) is 0 Å². The maximum atomic E-state index is 2.54. The Kier molecular flexibility index (Phi) is 24.0. The Morgan fingerprint density at radius 2 is 0.456 bits per heavy atom. The van der Waals surface area contributed by atoms with Crippen molar-refractivity contribution in [2.24, 2.45) is 0 Å². The second-order valence-electron chi connectivity index (χ2n) is 45.2. The lowest BCUT2D eigenvalue weighted by Gasteiger charge is -2.29. The summed E-state index contributed by atoms with van der Waals surface area (Å²) < 4.78 is 0. The molecule has 19 aromatic rings. The molecule has 0 nitrogen and oxygen atoms in total. The molecule has 149 heavy (non-hydrogen) atoms. The van der Waals surface area contributed by atoms with Gasteiger partial charge in [-0.25, -0.2) is 0 Å². The normalized spacial score (nSPS) is 14.2. The lowest BCUT2D eigenvalue weighted by atomic mass is 9.75. The van der Waals surface area contributed by atoms with Gasteiger partial charge in [-0.05, 0) is 648 Å². The molecule has 0 saturated heterocycles. The number of rotatable bonds is 9. The van der Waals surface area contributed by atoms with Crippen LogP contribution in [-0.2, 0) is 25.7 Å². The molecule has 26 rings (SSSR count). The monoisotopic (exact) mass is 1930 g/mol. The highest BCUT2D eigenvalue weighted by Gasteiger charge is 2.35. The van der Waals surface area contributed by atoms with Gasteiger partial charge in [-0.3, -0.25) is 0 Å². The summed E-state index contributed by atoms with van der Waals surface area (Å²) >= 11 is 0. The van der Waals surface area contributed by atoms with E-state index in [-0.39, 0.29) is 0 Å². The van der Waals surface area contributed by atoms with E-state index in [9.17, 15) is 0 Å². The van der Waals surface area contributed by atoms with Crippen molar-refractivity contribution in [3.05, 3.63) is 467 Å². The first-order valence-electron chi connectivity index (χ1n) is 55.0. The van der Waals surface area contributed by atoms with E-state index in [0.717, 1.165) is 57.8 Å². The van der Waals surface area contributed by atoms with Gasteiger partial charge in [0.1, 0.15) is 0 Å². The lowest BCUT2D eigenvalue weighted by molar-refractivity contribution is 0.853. The molecule has 7 aliphatic rings. The third-order valence-corrected chi connectivity index (χ3v) is 38.4. The zero-order valence-corrected chi connectivity index (χ0v) is 92.2. The van der Waals surface area contributed by atoms with E-state index >= 15 is 0 Å². The number of fused-ring (bicyclic) bond motifs is 17. The van der Waals surface area contributed by atoms with Crippen molar-refractivity contribution in [2.45, 2.75) is 237 Å². The van der Waals surface area contributed by atoms with Crippen molar-refractivity contribution in [2.75, 3.05) is 0 Å². The minimum absolute atomic E-state index is 1.01. The number of benzene rings is 19. The van der Waals surface area contributed by atoms with Crippen LogP contribution in [0.3, 0.4) is 0 Å². The zero-order valence-electron chi connectivity index (χ0n) is 92.2. The molecule has 7 aliphatic carbocycles. The first-order chi connectivity index (χ1) is 72.0. The number of aryl methyl sites for hydroxylation is 13. The first kappa shape index (κ1) is 96.3. The Hall–Kier alpha value is -14.8. The van der Waals surface area contributed by atoms with Crippen LogP contribution in [0, 0.1) is 166 Å². The SMILES string of the molecule is Cc1c(C)c(C)c2c(-c3cc4c(c(-c5ccccc5)c3)C=CCC4)c3c(C)c(C)c(C)c(C)c3c(-c3ccc4c(c3)-c3ccccc3C4)c2c1C.Cc1c(C)c(C)c2c(-c3ccc4c(c3)-c3ccccc3C4)c3c(C)c(C)c(C)c(C)c3c(C3=CC=C(C4=CC=C(C5=CC=CCC5)CC4)CC3)c2c1C.Cc1c(C)c(C)c2c(-c3cccc4ccccc34)c3c(C)c(C)c(C)c(C)c3c(-c3ccc4c(c3)-c3ccccc3C4)c2c1C. The van der Waals surface area contributed by atoms with Crippen LogP contribution in [0.25, 0.3) is 187 Å². The quantitative estimate of drug-likeness (QED) is 0.126. The largest absolute Gasteiger partial charge is 0.0842 e. The third kappa shape index (κ3) is 15.1. The van der Waals surface area contributed by atoms with Gasteiger partial charge in [0.15, 0.2) is 0 Å². The van der Waals surface area contributed by atoms with E-state index in [0.29, 0.717) is 0 Å². The molecule has 734 valence electrons. The molecule has 0 radical (unpaired) electrons. The van der Waals surface area contributed by atoms with Gasteiger partial charge in [0.25, 0.3) is 0 Å². The minimum atomic E-state index is 1.01. The van der Waals surface area contributed by atoms with Crippen LogP contribution in [0.2, 0.25) is 0 Å². The highest BCUT2D eigenvalue weighted by atomic mass is 14.4. The Balaban J connectivity index is 0.000000120. The van der Waals surface area contributed by atoms with Crippen molar-refractivity contribution >= 4 is 87.1 Å². The van der Waals surface area contributed by atoms with Gasteiger partial charge in [-0.2, -0.15) is 0 Å². The topological polar surface area (TPSA) is 0 Å². The fraction of sp³-hybridized carbons (Fsp3) is 0.235. The standard InChI is InChI=1S/C53H52.C51H46.C45H40/c1-30-32(3)36(7)50-48(34(30)5)52(42-24-22-41(23-25-42)40-20-18-39(19-21-40)38-14-10-9-11-15-38)49-35(6)31(2)33(4)37(8)51(49)53(50)45-27-26-44-28-43-16-12-13-17-46(43)47(44)29-45;1-28-30(3)34(7)48-46(32(28)5)50(40-23-22-39-24-37-18-12-15-21-43(37)45(39)26-40)47-33(6)29(2)31(4)35(8)49(47)51(48)41-25-38-19-13-14-20-42(38)44(27-41)36-16-10-9-11-17-36;1-24-26(3)30(7)42-40(28(24)5)44(35-21-20-34-22-33-15-10-12-18-37(33)39(34)23-35)41-29(6)25(2)27(4)31(8)43(41)45(42)38-19-13-16-32-14-9-11-17-36(32)38/h9-10,12-14,16-18,20,22,24,26-27,29H,11,15,19,21,23,25,28H2,1-8H3;9-12,14-18,20-23,25-27H,13,19,24H2,1-8H3;9-21,23H,22H2,1-8H3. The van der Waals surface area contributed by atoms with Crippen molar-refractivity contribution in [3.63, 3.8) is 0 Å². The second-order valence-corrected chi connectivity index (χ2v) is 45.2. The molecule has 0 fully saturated rings. The Morgan fingerprint density at radius 1 is 0.168 bits per heavy atom. The summed E-state index contributed by atoms with van der Waals surface area (Å²) in [7, 11) is 0. The fourth-order valence-corrected chi connectivity index (χ4v) is 28.1. The van der Waals surface area contributed by atoms with Crippen LogP contribution in [0.5, 0.6) is 0 Å². The summed E-state index contributed by atoms with van der Waals surface area (Å²) in [6.45, 7) is 56.5. The van der Waals surface area contributed by atoms with Crippen molar-refractivity contribution in [1.82, 2.24) is 0 Å². The van der Waals surface area contributed by atoms with Crippen LogP contribution in [0.4, 0.5) is 0 Å². The third-order valence-electron chi connectivity index (χ3n) is 38.4. The van der Waals surface area contributed by atoms with Crippen LogP contribution in [0.1, 0.15) is 229 Å². The molecule has 0 amide bonds. The number of allylic oxidation sites excluding steroid dienone is 13. The molecule has 0 heteroatoms. The van der Waals surface area contributed by atoms with Crippen LogP contribution < -0.4 is 0 Å². The van der Waals surface area contributed by atoms with E-state index in [4.69, 9.17) is 0 Å². The summed E-state index contributed by atoms with van der Waals surface area (Å²) in [4.78, 5) is 0. The maximum absolute atomic E-state index is 2.54. The Bertz CT molecular complexity index is 9180. The van der Waals surface area contributed by atoms with E-state index < -0.39 is 0 Å². The molecule has 0 N–H and O–H groups in total. The Labute approximate surface area is 884 Å². The fourth-order valence-electron chi connectivity index (χ4n) is 28.1. The van der Waals surface area contributed by atoms with Gasteiger partial charge in [0.05, 0.1) is 0 Å². The van der Waals surface area contributed by atoms with Crippen LogP contribution in [-0.4, -0.2) is 0 Å². The van der Waals surface area contributed by atoms with Gasteiger partial charge in [0.2, 0.25) is 0 Å².